The van der Waals surface area contributed by atoms with Gasteiger partial charge in [-0.1, -0.05) is 52.3 Å². The Kier molecular flexibility index (Phi) is 9.10. The molecule has 110 valence electrons. The van der Waals surface area contributed by atoms with Crippen molar-refractivity contribution < 1.29 is 4.79 Å². The Morgan fingerprint density at radius 3 is 2.30 bits per heavy atom. The fourth-order valence-corrected chi connectivity index (χ4v) is 1.71. The second kappa shape index (κ2) is 10.0. The van der Waals surface area contributed by atoms with Gasteiger partial charge < -0.3 is 4.57 Å². The summed E-state index contributed by atoms with van der Waals surface area (Å²) in [4.78, 5) is 10.9. The van der Waals surface area contributed by atoms with Gasteiger partial charge in [0.2, 0.25) is 0 Å². The van der Waals surface area contributed by atoms with Crippen LogP contribution in [0.25, 0.3) is 17.0 Å². The highest BCUT2D eigenvalue weighted by molar-refractivity contribution is 5.96. The van der Waals surface area contributed by atoms with E-state index in [1.807, 2.05) is 45.3 Å². The number of benzene rings is 1. The second-order valence-corrected chi connectivity index (χ2v) is 4.36. The number of carbonyl (C=O) groups is 1. The predicted molar refractivity (Wildman–Crippen MR) is 89.9 cm³/mol. The molecule has 2 rings (SSSR count). The number of ketones is 1. The van der Waals surface area contributed by atoms with Gasteiger partial charge in [-0.05, 0) is 25.1 Å². The van der Waals surface area contributed by atoms with Crippen LogP contribution in [0.15, 0.2) is 36.5 Å². The molecule has 1 aromatic carbocycles. The zero-order chi connectivity index (χ0) is 15.5. The molecule has 0 radical (unpaired) electrons. The van der Waals surface area contributed by atoms with Crippen molar-refractivity contribution in [3.05, 3.63) is 42.1 Å². The van der Waals surface area contributed by atoms with E-state index in [0.717, 1.165) is 5.56 Å². The van der Waals surface area contributed by atoms with E-state index in [1.165, 1.54) is 17.3 Å². The molecule has 0 atom stereocenters. The van der Waals surface area contributed by atoms with Gasteiger partial charge >= 0.3 is 0 Å². The van der Waals surface area contributed by atoms with Crippen LogP contribution in [0.4, 0.5) is 0 Å². The van der Waals surface area contributed by atoms with Crippen LogP contribution in [-0.4, -0.2) is 10.4 Å². The molecule has 0 saturated carbocycles. The summed E-state index contributed by atoms with van der Waals surface area (Å²) in [7, 11) is 2.01. The molecule has 0 spiro atoms. The number of para-hydroxylation sites is 1. The molecule has 0 aliphatic carbocycles. The average molecular weight is 273 g/mol. The maximum absolute atomic E-state index is 10.9. The van der Waals surface area contributed by atoms with Crippen LogP contribution >= 0.6 is 0 Å². The van der Waals surface area contributed by atoms with Gasteiger partial charge in [0.1, 0.15) is 0 Å². The minimum Gasteiger partial charge on any atom is -0.350 e. The molecule has 0 aliphatic rings. The van der Waals surface area contributed by atoms with Gasteiger partial charge in [-0.3, -0.25) is 4.79 Å². The summed E-state index contributed by atoms with van der Waals surface area (Å²) in [6.07, 6.45) is 6.75. The van der Waals surface area contributed by atoms with Crippen molar-refractivity contribution in [2.45, 2.75) is 41.0 Å². The SMILES string of the molecule is CC.CC(=O)/C=C/c1cn(C)c2ccccc12.CCC. The van der Waals surface area contributed by atoms with E-state index in [2.05, 4.69) is 30.5 Å². The van der Waals surface area contributed by atoms with Gasteiger partial charge in [-0.2, -0.15) is 0 Å². The number of nitrogens with zero attached hydrogens (tertiary/aromatic N) is 1. The van der Waals surface area contributed by atoms with Crippen LogP contribution in [0.5, 0.6) is 0 Å². The smallest absolute Gasteiger partial charge is 0.152 e. The molecule has 1 aromatic heterocycles. The van der Waals surface area contributed by atoms with Crippen molar-refractivity contribution in [3.63, 3.8) is 0 Å². The van der Waals surface area contributed by atoms with Gasteiger partial charge in [0.25, 0.3) is 0 Å². The lowest BCUT2D eigenvalue weighted by Gasteiger charge is -1.92. The quantitative estimate of drug-likeness (QED) is 0.687. The summed E-state index contributed by atoms with van der Waals surface area (Å²) >= 11 is 0. The number of allylic oxidation sites excluding steroid dienone is 1. The monoisotopic (exact) mass is 273 g/mol. The van der Waals surface area contributed by atoms with Crippen LogP contribution in [0, 0.1) is 0 Å². The Balaban J connectivity index is 0.000000641. The molecular formula is C18H27NO. The standard InChI is InChI=1S/C13H13NO.C3H8.C2H6/c1-10(15)7-8-11-9-14(2)13-6-4-3-5-12(11)13;1-3-2;1-2/h3-9H,1-2H3;3H2,1-2H3;1-2H3/b8-7+;;. The summed E-state index contributed by atoms with van der Waals surface area (Å²) in [6.45, 7) is 9.81. The van der Waals surface area contributed by atoms with Gasteiger partial charge in [0, 0.05) is 29.7 Å². The summed E-state index contributed by atoms with van der Waals surface area (Å²) in [6, 6.07) is 8.16. The van der Waals surface area contributed by atoms with Crippen LogP contribution < -0.4 is 0 Å². The van der Waals surface area contributed by atoms with Gasteiger partial charge in [0.15, 0.2) is 5.78 Å². The molecule has 2 aromatic rings. The Labute approximate surface area is 123 Å². The van der Waals surface area contributed by atoms with E-state index in [-0.39, 0.29) is 5.78 Å². The van der Waals surface area contributed by atoms with E-state index in [1.54, 1.807) is 13.0 Å². The number of aryl methyl sites for hydroxylation is 1. The van der Waals surface area contributed by atoms with Crippen LogP contribution in [0.2, 0.25) is 0 Å². The molecule has 20 heavy (non-hydrogen) atoms. The maximum atomic E-state index is 10.9. The number of aromatic nitrogens is 1. The van der Waals surface area contributed by atoms with Crippen molar-refractivity contribution >= 4 is 22.8 Å². The molecular weight excluding hydrogens is 246 g/mol. The number of fused-ring (bicyclic) bond motifs is 1. The van der Waals surface area contributed by atoms with Crippen molar-refractivity contribution in [1.82, 2.24) is 4.57 Å². The molecule has 0 N–H and O–H groups in total. The highest BCUT2D eigenvalue weighted by Crippen LogP contribution is 2.21. The number of rotatable bonds is 2. The fourth-order valence-electron chi connectivity index (χ4n) is 1.71. The normalized spacial score (nSPS) is 9.70. The van der Waals surface area contributed by atoms with Crippen LogP contribution in [0.3, 0.4) is 0 Å². The molecule has 0 amide bonds. The summed E-state index contributed by atoms with van der Waals surface area (Å²) in [5.41, 5.74) is 2.27. The molecule has 0 saturated heterocycles. The Bertz CT molecular complexity index is 550. The van der Waals surface area contributed by atoms with Crippen molar-refractivity contribution in [1.29, 1.82) is 0 Å². The lowest BCUT2D eigenvalue weighted by Crippen LogP contribution is -1.81. The van der Waals surface area contributed by atoms with Crippen molar-refractivity contribution in [3.8, 4) is 0 Å². The highest BCUT2D eigenvalue weighted by Gasteiger charge is 2.02. The third-order valence-electron chi connectivity index (χ3n) is 2.43. The van der Waals surface area contributed by atoms with Gasteiger partial charge in [0.05, 0.1) is 0 Å². The number of hydrogen-bond acceptors (Lipinski definition) is 1. The van der Waals surface area contributed by atoms with E-state index in [0.29, 0.717) is 0 Å². The maximum Gasteiger partial charge on any atom is 0.152 e. The summed E-state index contributed by atoms with van der Waals surface area (Å²) < 4.78 is 2.06. The lowest BCUT2D eigenvalue weighted by molar-refractivity contribution is -0.112. The number of hydrogen-bond donors (Lipinski definition) is 0. The topological polar surface area (TPSA) is 22.0 Å². The second-order valence-electron chi connectivity index (χ2n) is 4.36. The van der Waals surface area contributed by atoms with E-state index in [9.17, 15) is 4.79 Å². The largest absolute Gasteiger partial charge is 0.350 e. The first-order chi connectivity index (χ1) is 9.60. The fraction of sp³-hybridized carbons (Fsp3) is 0.389. The molecule has 0 unspecified atom stereocenters. The van der Waals surface area contributed by atoms with Crippen LogP contribution in [-0.2, 0) is 11.8 Å². The molecule has 0 bridgehead atoms. The number of carbonyl (C=O) groups excluding carboxylic acids is 1. The van der Waals surface area contributed by atoms with E-state index >= 15 is 0 Å². The lowest BCUT2D eigenvalue weighted by atomic mass is 10.1. The first kappa shape index (κ1) is 18.2. The van der Waals surface area contributed by atoms with Crippen LogP contribution in [0.1, 0.15) is 46.6 Å². The molecule has 0 fully saturated rings. The van der Waals surface area contributed by atoms with E-state index in [4.69, 9.17) is 0 Å². The van der Waals surface area contributed by atoms with E-state index < -0.39 is 0 Å². The van der Waals surface area contributed by atoms with Crippen molar-refractivity contribution in [2.24, 2.45) is 7.05 Å². The van der Waals surface area contributed by atoms with Crippen molar-refractivity contribution in [2.75, 3.05) is 0 Å². The van der Waals surface area contributed by atoms with Gasteiger partial charge in [-0.15, -0.1) is 0 Å². The third kappa shape index (κ3) is 5.43. The average Bonchev–Trinajstić information content (AvgIpc) is 2.77. The molecule has 1 heterocycles. The Hall–Kier alpha value is -1.83. The minimum absolute atomic E-state index is 0.0722. The zero-order valence-corrected chi connectivity index (χ0v) is 13.6. The third-order valence-corrected chi connectivity index (χ3v) is 2.43. The first-order valence-corrected chi connectivity index (χ1v) is 7.32. The zero-order valence-electron chi connectivity index (χ0n) is 13.6. The molecule has 0 aliphatic heterocycles. The summed E-state index contributed by atoms with van der Waals surface area (Å²) in [5.74, 6) is 0.0722. The molecule has 2 heteroatoms. The highest BCUT2D eigenvalue weighted by atomic mass is 16.1. The Morgan fingerprint density at radius 1 is 1.20 bits per heavy atom. The molecule has 2 nitrogen and oxygen atoms in total. The van der Waals surface area contributed by atoms with Gasteiger partial charge in [-0.25, -0.2) is 0 Å². The first-order valence-electron chi connectivity index (χ1n) is 7.32. The summed E-state index contributed by atoms with van der Waals surface area (Å²) in [5, 5.41) is 1.18. The predicted octanol–water partition coefficient (Wildman–Crippen LogP) is 5.22. The Morgan fingerprint density at radius 2 is 1.75 bits per heavy atom. The minimum atomic E-state index is 0.0722.